The van der Waals surface area contributed by atoms with Crippen LogP contribution < -0.4 is 5.43 Å². The summed E-state index contributed by atoms with van der Waals surface area (Å²) in [6.45, 7) is 4.96. The van der Waals surface area contributed by atoms with Crippen LogP contribution in [-0.4, -0.2) is 18.9 Å². The number of nitrogens with zero attached hydrogens (tertiary/aromatic N) is 2. The molecule has 0 saturated heterocycles. The molecule has 64 valence electrons. The van der Waals surface area contributed by atoms with Crippen molar-refractivity contribution in [2.75, 3.05) is 13.1 Å². The molecule has 0 rings (SSSR count). The zero-order valence-corrected chi connectivity index (χ0v) is 7.13. The fourth-order valence-corrected chi connectivity index (χ4v) is 0.569. The van der Waals surface area contributed by atoms with Crippen LogP contribution in [-0.2, 0) is 4.79 Å². The van der Waals surface area contributed by atoms with E-state index in [0.717, 1.165) is 13.0 Å². The Morgan fingerprint density at radius 1 is 1.55 bits per heavy atom. The van der Waals surface area contributed by atoms with Crippen LogP contribution in [0.5, 0.6) is 0 Å². The third-order valence-electron chi connectivity index (χ3n) is 1.09. The van der Waals surface area contributed by atoms with Gasteiger partial charge in [0.25, 0.3) is 0 Å². The molecule has 0 unspecified atom stereocenters. The number of rotatable bonds is 6. The summed E-state index contributed by atoms with van der Waals surface area (Å²) in [4.78, 5) is 10.4. The lowest BCUT2D eigenvalue weighted by Gasteiger charge is -1.91. The van der Waals surface area contributed by atoms with E-state index in [1.165, 1.54) is 0 Å². The van der Waals surface area contributed by atoms with Crippen molar-refractivity contribution in [3.8, 4) is 0 Å². The zero-order chi connectivity index (χ0) is 8.53. The zero-order valence-electron chi connectivity index (χ0n) is 7.13. The monoisotopic (exact) mass is 157 g/mol. The van der Waals surface area contributed by atoms with Gasteiger partial charge in [0.1, 0.15) is 5.78 Å². The Morgan fingerprint density at radius 2 is 2.27 bits per heavy atom. The Hall–Kier alpha value is -0.930. The van der Waals surface area contributed by atoms with Gasteiger partial charge in [0.05, 0.1) is 6.54 Å². The first-order valence-electron chi connectivity index (χ1n) is 3.86. The third kappa shape index (κ3) is 9.07. The highest BCUT2D eigenvalue weighted by molar-refractivity contribution is 5.75. The summed E-state index contributed by atoms with van der Waals surface area (Å²) in [5.74, 6) is 0.212. The quantitative estimate of drug-likeness (QED) is 0.359. The molecule has 0 aliphatic rings. The molecule has 0 spiro atoms. The van der Waals surface area contributed by atoms with Crippen molar-refractivity contribution in [3.63, 3.8) is 0 Å². The van der Waals surface area contributed by atoms with Gasteiger partial charge in [-0.05, 0) is 20.3 Å². The molecule has 4 heteroatoms. The highest BCUT2D eigenvalue weighted by Gasteiger charge is 1.90. The van der Waals surface area contributed by atoms with Gasteiger partial charge < -0.3 is 4.79 Å². The average molecular weight is 157 g/mol. The minimum absolute atomic E-state index is 0.212. The SMILES string of the molecule is CCNN=NCCCC(C)=O. The fourth-order valence-electron chi connectivity index (χ4n) is 0.569. The van der Waals surface area contributed by atoms with E-state index in [1.807, 2.05) is 6.92 Å². The first-order chi connectivity index (χ1) is 5.27. The van der Waals surface area contributed by atoms with Gasteiger partial charge in [-0.2, -0.15) is 5.11 Å². The topological polar surface area (TPSA) is 53.8 Å². The van der Waals surface area contributed by atoms with Crippen molar-refractivity contribution < 1.29 is 4.79 Å². The van der Waals surface area contributed by atoms with Crippen LogP contribution in [0.3, 0.4) is 0 Å². The standard InChI is InChI=1S/C7H15N3O/c1-3-8-10-9-6-4-5-7(2)11/h3-6H2,1-2H3,(H,8,9). The van der Waals surface area contributed by atoms with Crippen LogP contribution in [0.4, 0.5) is 0 Å². The first-order valence-corrected chi connectivity index (χ1v) is 3.86. The second-order valence-electron chi connectivity index (χ2n) is 2.28. The van der Waals surface area contributed by atoms with E-state index in [0.29, 0.717) is 13.0 Å². The number of nitrogens with one attached hydrogen (secondary N) is 1. The number of ketones is 1. The number of hydrogen-bond acceptors (Lipinski definition) is 3. The smallest absolute Gasteiger partial charge is 0.129 e. The second kappa shape index (κ2) is 7.18. The van der Waals surface area contributed by atoms with Crippen LogP contribution >= 0.6 is 0 Å². The van der Waals surface area contributed by atoms with E-state index in [2.05, 4.69) is 15.8 Å². The molecule has 1 N–H and O–H groups in total. The maximum Gasteiger partial charge on any atom is 0.129 e. The number of carbonyl (C=O) groups is 1. The second-order valence-corrected chi connectivity index (χ2v) is 2.28. The van der Waals surface area contributed by atoms with Gasteiger partial charge in [-0.1, -0.05) is 5.22 Å². The van der Waals surface area contributed by atoms with Crippen molar-refractivity contribution >= 4 is 5.78 Å². The maximum absolute atomic E-state index is 10.4. The first kappa shape index (κ1) is 10.1. The molecule has 0 atom stereocenters. The molecule has 0 aliphatic carbocycles. The minimum Gasteiger partial charge on any atom is -0.300 e. The molecular weight excluding hydrogens is 142 g/mol. The van der Waals surface area contributed by atoms with E-state index < -0.39 is 0 Å². The van der Waals surface area contributed by atoms with Crippen molar-refractivity contribution in [2.24, 2.45) is 10.3 Å². The summed E-state index contributed by atoms with van der Waals surface area (Å²) >= 11 is 0. The van der Waals surface area contributed by atoms with Crippen LogP contribution in [0, 0.1) is 0 Å². The van der Waals surface area contributed by atoms with Gasteiger partial charge in [0.15, 0.2) is 0 Å². The molecule has 0 fully saturated rings. The summed E-state index contributed by atoms with van der Waals surface area (Å²) in [6.07, 6.45) is 1.40. The predicted molar refractivity (Wildman–Crippen MR) is 43.3 cm³/mol. The summed E-state index contributed by atoms with van der Waals surface area (Å²) in [7, 11) is 0. The maximum atomic E-state index is 10.4. The highest BCUT2D eigenvalue weighted by atomic mass is 16.1. The van der Waals surface area contributed by atoms with Crippen molar-refractivity contribution in [3.05, 3.63) is 0 Å². The van der Waals surface area contributed by atoms with Gasteiger partial charge in [0.2, 0.25) is 0 Å². The Morgan fingerprint density at radius 3 is 2.82 bits per heavy atom. The molecule has 0 heterocycles. The van der Waals surface area contributed by atoms with E-state index >= 15 is 0 Å². The van der Waals surface area contributed by atoms with Crippen molar-refractivity contribution in [2.45, 2.75) is 26.7 Å². The lowest BCUT2D eigenvalue weighted by Crippen LogP contribution is -2.01. The molecule has 0 aromatic rings. The summed E-state index contributed by atoms with van der Waals surface area (Å²) < 4.78 is 0. The molecule has 0 bridgehead atoms. The molecular formula is C7H15N3O. The van der Waals surface area contributed by atoms with Crippen LogP contribution in [0.25, 0.3) is 0 Å². The molecule has 11 heavy (non-hydrogen) atoms. The minimum atomic E-state index is 0.212. The number of hydrogen-bond donors (Lipinski definition) is 1. The third-order valence-corrected chi connectivity index (χ3v) is 1.09. The molecule has 4 nitrogen and oxygen atoms in total. The molecule has 0 aliphatic heterocycles. The van der Waals surface area contributed by atoms with Crippen molar-refractivity contribution in [1.82, 2.24) is 5.43 Å². The average Bonchev–Trinajstić information content (AvgIpc) is 1.96. The molecule has 0 saturated carbocycles. The Labute approximate surface area is 67.1 Å². The van der Waals surface area contributed by atoms with Crippen LogP contribution in [0.1, 0.15) is 26.7 Å². The van der Waals surface area contributed by atoms with E-state index in [9.17, 15) is 4.79 Å². The van der Waals surface area contributed by atoms with Gasteiger partial charge in [-0.15, -0.1) is 0 Å². The van der Waals surface area contributed by atoms with Gasteiger partial charge in [-0.3, -0.25) is 5.43 Å². The summed E-state index contributed by atoms with van der Waals surface area (Å²) in [5.41, 5.74) is 2.71. The van der Waals surface area contributed by atoms with E-state index in [4.69, 9.17) is 0 Å². The van der Waals surface area contributed by atoms with E-state index in [1.54, 1.807) is 6.92 Å². The molecule has 0 amide bonds. The summed E-state index contributed by atoms with van der Waals surface area (Å²) in [6, 6.07) is 0. The van der Waals surface area contributed by atoms with Crippen LogP contribution in [0.15, 0.2) is 10.3 Å². The van der Waals surface area contributed by atoms with Crippen LogP contribution in [0.2, 0.25) is 0 Å². The van der Waals surface area contributed by atoms with Gasteiger partial charge in [-0.25, -0.2) is 0 Å². The lowest BCUT2D eigenvalue weighted by atomic mass is 10.2. The fraction of sp³-hybridized carbons (Fsp3) is 0.857. The number of Topliss-reactive ketones (excluding diaryl/α,β-unsaturated/α-hetero) is 1. The molecule has 0 radical (unpaired) electrons. The van der Waals surface area contributed by atoms with Gasteiger partial charge in [0, 0.05) is 13.0 Å². The largest absolute Gasteiger partial charge is 0.300 e. The van der Waals surface area contributed by atoms with Gasteiger partial charge >= 0.3 is 0 Å². The molecule has 0 aromatic carbocycles. The van der Waals surface area contributed by atoms with Crippen molar-refractivity contribution in [1.29, 1.82) is 0 Å². The predicted octanol–water partition coefficient (Wildman–Crippen LogP) is 1.33. The molecule has 0 aromatic heterocycles. The number of carbonyl (C=O) groups excluding carboxylic acids is 1. The normalized spacial score (nSPS) is 10.4. The highest BCUT2D eigenvalue weighted by Crippen LogP contribution is 1.90. The Kier molecular flexibility index (Phi) is 6.57. The lowest BCUT2D eigenvalue weighted by molar-refractivity contribution is -0.117. The summed E-state index contributed by atoms with van der Waals surface area (Å²) in [5, 5.41) is 7.45. The van der Waals surface area contributed by atoms with E-state index in [-0.39, 0.29) is 5.78 Å². The Balaban J connectivity index is 3.07. The Bertz CT molecular complexity index is 134.